The van der Waals surface area contributed by atoms with Crippen LogP contribution in [0.4, 0.5) is 5.69 Å². The van der Waals surface area contributed by atoms with Gasteiger partial charge in [0.05, 0.1) is 15.7 Å². The predicted octanol–water partition coefficient (Wildman–Crippen LogP) is 7.73. The average molecular weight is 577 g/mol. The number of nitrogens with one attached hydrogen (secondary N) is 2. The molecular weight excluding hydrogens is 528 g/mol. The number of phenols is 1. The van der Waals surface area contributed by atoms with Crippen LogP contribution < -0.4 is 10.6 Å². The van der Waals surface area contributed by atoms with E-state index in [-0.39, 0.29) is 5.91 Å². The predicted molar refractivity (Wildman–Crippen MR) is 169 cm³/mol. The van der Waals surface area contributed by atoms with E-state index in [2.05, 4.69) is 48.2 Å². The zero-order valence-corrected chi connectivity index (χ0v) is 26.2. The Morgan fingerprint density at radius 1 is 1.08 bits per heavy atom. The van der Waals surface area contributed by atoms with Crippen LogP contribution in [0.3, 0.4) is 0 Å². The Hall–Kier alpha value is -2.33. The van der Waals surface area contributed by atoms with E-state index >= 15 is 0 Å². The number of hydrogen-bond acceptors (Lipinski definition) is 8. The molecule has 0 spiro atoms. The summed E-state index contributed by atoms with van der Waals surface area (Å²) >= 11 is 2.31. The van der Waals surface area contributed by atoms with Crippen LogP contribution in [0.25, 0.3) is 10.2 Å². The summed E-state index contributed by atoms with van der Waals surface area (Å²) in [5.74, 6) is 0.860. The van der Waals surface area contributed by atoms with E-state index in [4.69, 9.17) is 9.66 Å². The van der Waals surface area contributed by atoms with E-state index in [0.29, 0.717) is 23.8 Å². The van der Waals surface area contributed by atoms with Gasteiger partial charge in [0, 0.05) is 60.8 Å². The molecule has 0 unspecified atom stereocenters. The summed E-state index contributed by atoms with van der Waals surface area (Å²) < 4.78 is 9.92. The van der Waals surface area contributed by atoms with E-state index in [0.717, 1.165) is 58.8 Å². The minimum Gasteiger partial charge on any atom is -0.508 e. The number of nitrogens with zero attached hydrogens (tertiary/aromatic N) is 2. The number of fused-ring (bicyclic) bond motifs is 1. The van der Waals surface area contributed by atoms with Gasteiger partial charge in [-0.05, 0) is 83.0 Å². The zero-order valence-electron chi connectivity index (χ0n) is 24.6. The first-order chi connectivity index (χ1) is 18.7. The molecule has 39 heavy (non-hydrogen) atoms. The fourth-order valence-corrected chi connectivity index (χ4v) is 5.28. The molecule has 7 nitrogen and oxygen atoms in total. The highest BCUT2D eigenvalue weighted by Crippen LogP contribution is 2.24. The maximum atomic E-state index is 10.9. The van der Waals surface area contributed by atoms with Crippen molar-refractivity contribution in [3.05, 3.63) is 48.0 Å². The molecule has 4 rings (SSSR count). The molecule has 1 aliphatic rings. The normalized spacial score (nSPS) is 12.8. The quantitative estimate of drug-likeness (QED) is 0.204. The van der Waals surface area contributed by atoms with Gasteiger partial charge in [-0.2, -0.15) is 0 Å². The minimum absolute atomic E-state index is 0.229. The van der Waals surface area contributed by atoms with Crippen molar-refractivity contribution in [1.29, 1.82) is 0 Å². The maximum Gasteiger partial charge on any atom is 0.222 e. The number of aromatic nitrogens is 1. The van der Waals surface area contributed by atoms with Crippen LogP contribution in [0.15, 0.2) is 52.9 Å². The largest absolute Gasteiger partial charge is 0.508 e. The van der Waals surface area contributed by atoms with Crippen molar-refractivity contribution in [3.8, 4) is 5.75 Å². The Kier molecular flexibility index (Phi) is 17.5. The van der Waals surface area contributed by atoms with Crippen molar-refractivity contribution >= 4 is 45.2 Å². The third-order valence-electron chi connectivity index (χ3n) is 6.27. The van der Waals surface area contributed by atoms with E-state index in [1.807, 2.05) is 38.1 Å². The molecule has 1 aromatic heterocycles. The van der Waals surface area contributed by atoms with Crippen LogP contribution in [-0.2, 0) is 4.79 Å². The molecule has 0 bridgehead atoms. The van der Waals surface area contributed by atoms with Gasteiger partial charge in [-0.15, -0.1) is 11.3 Å². The first-order valence-corrected chi connectivity index (χ1v) is 15.5. The molecule has 0 saturated heterocycles. The topological polar surface area (TPSA) is 97.7 Å². The SMILES string of the molecule is CC.CC(C)N(CCNc1ccc(SO)cc1)C(C)C.CNC(=O)C1CCCC1.Oc1ccc2ncsc2c1. The van der Waals surface area contributed by atoms with Gasteiger partial charge >= 0.3 is 0 Å². The summed E-state index contributed by atoms with van der Waals surface area (Å²) in [5.41, 5.74) is 3.81. The molecule has 1 amide bonds. The van der Waals surface area contributed by atoms with Gasteiger partial charge in [0.25, 0.3) is 0 Å². The van der Waals surface area contributed by atoms with Crippen molar-refractivity contribution in [3.63, 3.8) is 0 Å². The lowest BCUT2D eigenvalue weighted by molar-refractivity contribution is -0.124. The molecule has 1 saturated carbocycles. The van der Waals surface area contributed by atoms with E-state index in [1.165, 1.54) is 24.2 Å². The molecule has 0 radical (unpaired) electrons. The highest BCUT2D eigenvalue weighted by Gasteiger charge is 2.20. The van der Waals surface area contributed by atoms with Crippen LogP contribution >= 0.6 is 23.4 Å². The summed E-state index contributed by atoms with van der Waals surface area (Å²) in [6.45, 7) is 14.9. The van der Waals surface area contributed by atoms with Gasteiger partial charge in [0.15, 0.2) is 0 Å². The van der Waals surface area contributed by atoms with Gasteiger partial charge in [0.1, 0.15) is 5.75 Å². The second-order valence-corrected chi connectivity index (χ2v) is 11.1. The lowest BCUT2D eigenvalue weighted by Gasteiger charge is -2.30. The van der Waals surface area contributed by atoms with Crippen LogP contribution in [0.5, 0.6) is 5.75 Å². The third kappa shape index (κ3) is 13.0. The number of anilines is 1. The number of carbonyl (C=O) groups excluding carboxylic acids is 1. The summed E-state index contributed by atoms with van der Waals surface area (Å²) in [6.07, 6.45) is 4.66. The Balaban J connectivity index is 0.000000305. The molecule has 9 heteroatoms. The average Bonchev–Trinajstić information content (AvgIpc) is 3.65. The van der Waals surface area contributed by atoms with Gasteiger partial charge in [-0.3, -0.25) is 9.69 Å². The smallest absolute Gasteiger partial charge is 0.222 e. The fraction of sp³-hybridized carbons (Fsp3) is 0.533. The van der Waals surface area contributed by atoms with Crippen molar-refractivity contribution in [2.24, 2.45) is 5.92 Å². The highest BCUT2D eigenvalue weighted by molar-refractivity contribution is 7.93. The van der Waals surface area contributed by atoms with Crippen molar-refractivity contribution in [1.82, 2.24) is 15.2 Å². The van der Waals surface area contributed by atoms with Crippen LogP contribution in [0.2, 0.25) is 0 Å². The fourth-order valence-electron chi connectivity index (χ4n) is 4.31. The summed E-state index contributed by atoms with van der Waals surface area (Å²) in [4.78, 5) is 18.3. The lowest BCUT2D eigenvalue weighted by atomic mass is 10.1. The first kappa shape index (κ1) is 34.7. The van der Waals surface area contributed by atoms with Crippen LogP contribution in [-0.4, -0.2) is 57.7 Å². The Morgan fingerprint density at radius 3 is 2.23 bits per heavy atom. The number of rotatable bonds is 8. The molecule has 1 fully saturated rings. The van der Waals surface area contributed by atoms with Crippen molar-refractivity contribution in [2.45, 2.75) is 84.2 Å². The van der Waals surface area contributed by atoms with Gasteiger partial charge in [-0.1, -0.05) is 26.7 Å². The Morgan fingerprint density at radius 2 is 1.69 bits per heavy atom. The first-order valence-electron chi connectivity index (χ1n) is 13.9. The highest BCUT2D eigenvalue weighted by atomic mass is 32.2. The monoisotopic (exact) mass is 576 g/mol. The second-order valence-electron chi connectivity index (χ2n) is 9.57. The standard InChI is InChI=1S/C14H24N2OS.C7H5NOS.C7H13NO.C2H6/c1-11(2)16(12(3)4)10-9-15-13-5-7-14(18-17)8-6-13;9-5-1-2-6-7(3-5)10-4-8-6;1-8-7(9)6-4-2-3-5-6;1-2/h5-8,11-12,15,17H,9-10H2,1-4H3;1-4,9H;6H,2-5H2,1H3,(H,8,9);1-2H3. The van der Waals surface area contributed by atoms with Gasteiger partial charge in [0.2, 0.25) is 5.91 Å². The molecule has 2 aromatic carbocycles. The van der Waals surface area contributed by atoms with Crippen molar-refractivity contribution < 1.29 is 14.5 Å². The Bertz CT molecular complexity index is 1040. The van der Waals surface area contributed by atoms with Crippen LogP contribution in [0, 0.1) is 5.92 Å². The lowest BCUT2D eigenvalue weighted by Crippen LogP contribution is -2.40. The molecule has 1 aliphatic carbocycles. The molecule has 0 aliphatic heterocycles. The maximum absolute atomic E-state index is 10.9. The molecule has 0 atom stereocenters. The molecule has 218 valence electrons. The third-order valence-corrected chi connectivity index (χ3v) is 7.55. The van der Waals surface area contributed by atoms with Gasteiger partial charge in [-0.25, -0.2) is 4.98 Å². The number of thiazole rings is 1. The molecule has 3 aromatic rings. The molecule has 1 heterocycles. The molecule has 4 N–H and O–H groups in total. The number of hydrogen-bond donors (Lipinski definition) is 4. The number of phenolic OH excluding ortho intramolecular Hbond substituents is 1. The van der Waals surface area contributed by atoms with E-state index in [9.17, 15) is 4.79 Å². The van der Waals surface area contributed by atoms with E-state index < -0.39 is 0 Å². The second kappa shape index (κ2) is 19.7. The number of benzene rings is 2. The van der Waals surface area contributed by atoms with E-state index in [1.54, 1.807) is 30.8 Å². The zero-order chi connectivity index (χ0) is 29.2. The number of carbonyl (C=O) groups is 1. The van der Waals surface area contributed by atoms with Crippen molar-refractivity contribution in [2.75, 3.05) is 25.5 Å². The summed E-state index contributed by atoms with van der Waals surface area (Å²) in [6, 6.07) is 14.1. The number of amides is 1. The molecular formula is C30H48N4O3S2. The van der Waals surface area contributed by atoms with Gasteiger partial charge < -0.3 is 20.3 Å². The van der Waals surface area contributed by atoms with Crippen LogP contribution in [0.1, 0.15) is 67.2 Å². The summed E-state index contributed by atoms with van der Waals surface area (Å²) in [7, 11) is 1.71. The Labute approximate surface area is 243 Å². The minimum atomic E-state index is 0.229. The summed E-state index contributed by atoms with van der Waals surface area (Å²) in [5, 5.41) is 15.1. The number of aromatic hydroxyl groups is 1.